The maximum absolute atomic E-state index is 12.6. The highest BCUT2D eigenvalue weighted by Gasteiger charge is 2.37. The van der Waals surface area contributed by atoms with Crippen molar-refractivity contribution < 1.29 is 28.8 Å². The summed E-state index contributed by atoms with van der Waals surface area (Å²) in [7, 11) is 1.52. The summed E-state index contributed by atoms with van der Waals surface area (Å²) in [5.41, 5.74) is -0.645. The number of amides is 3. The smallest absolute Gasteiger partial charge is 0.434 e. The second-order valence-corrected chi connectivity index (χ2v) is 7.11. The van der Waals surface area contributed by atoms with Crippen LogP contribution in [0.5, 0.6) is 0 Å². The number of carbonyl (C=O) groups is 3. The third-order valence-electron chi connectivity index (χ3n) is 3.82. The monoisotopic (exact) mass is 357 g/mol. The first-order valence-electron chi connectivity index (χ1n) is 8.58. The van der Waals surface area contributed by atoms with Crippen LogP contribution in [0.1, 0.15) is 46.5 Å². The molecule has 0 aromatic carbocycles. The predicted molar refractivity (Wildman–Crippen MR) is 86.9 cm³/mol. The molecule has 0 spiro atoms. The van der Waals surface area contributed by atoms with Gasteiger partial charge in [0.2, 0.25) is 0 Å². The van der Waals surface area contributed by atoms with E-state index in [2.05, 4.69) is 5.32 Å². The summed E-state index contributed by atoms with van der Waals surface area (Å²) in [6, 6.07) is 0. The Bertz CT molecular complexity index is 518. The molecule has 2 saturated heterocycles. The summed E-state index contributed by atoms with van der Waals surface area (Å²) in [4.78, 5) is 47.5. The Morgan fingerprint density at radius 1 is 1.00 bits per heavy atom. The number of hydrogen-bond donors (Lipinski definition) is 1. The molecule has 0 bridgehead atoms. The average Bonchev–Trinajstić information content (AvgIpc) is 2.59. The second kappa shape index (κ2) is 8.01. The Kier molecular flexibility index (Phi) is 6.23. The van der Waals surface area contributed by atoms with Crippen LogP contribution in [0.15, 0.2) is 0 Å². The fourth-order valence-electron chi connectivity index (χ4n) is 2.64. The topological polar surface area (TPSA) is 97.4 Å². The van der Waals surface area contributed by atoms with Gasteiger partial charge in [0, 0.05) is 13.6 Å². The van der Waals surface area contributed by atoms with E-state index < -0.39 is 23.9 Å². The molecular weight excluding hydrogens is 330 g/mol. The minimum Gasteiger partial charge on any atom is -0.442 e. The number of nitrogens with zero attached hydrogens (tertiary/aromatic N) is 2. The lowest BCUT2D eigenvalue weighted by Crippen LogP contribution is -2.52. The van der Waals surface area contributed by atoms with E-state index in [4.69, 9.17) is 14.4 Å². The van der Waals surface area contributed by atoms with Gasteiger partial charge in [-0.3, -0.25) is 19.3 Å². The molecule has 0 aromatic heterocycles. The van der Waals surface area contributed by atoms with Gasteiger partial charge in [-0.2, -0.15) is 5.06 Å². The van der Waals surface area contributed by atoms with E-state index >= 15 is 0 Å². The van der Waals surface area contributed by atoms with E-state index in [0.717, 1.165) is 5.06 Å². The Morgan fingerprint density at radius 3 is 2.16 bits per heavy atom. The van der Waals surface area contributed by atoms with Crippen molar-refractivity contribution in [2.75, 3.05) is 20.1 Å². The van der Waals surface area contributed by atoms with Crippen molar-refractivity contribution in [3.05, 3.63) is 0 Å². The van der Waals surface area contributed by atoms with Crippen LogP contribution in [0.3, 0.4) is 0 Å². The van der Waals surface area contributed by atoms with Gasteiger partial charge >= 0.3 is 6.09 Å². The molecule has 25 heavy (non-hydrogen) atoms. The highest BCUT2D eigenvalue weighted by atomic mass is 16.7. The summed E-state index contributed by atoms with van der Waals surface area (Å²) in [6.07, 6.45) is 0.168. The van der Waals surface area contributed by atoms with Crippen LogP contribution in [-0.2, 0) is 24.0 Å². The largest absolute Gasteiger partial charge is 0.442 e. The summed E-state index contributed by atoms with van der Waals surface area (Å²) in [5, 5.41) is 4.77. The van der Waals surface area contributed by atoms with E-state index in [-0.39, 0.29) is 11.8 Å². The van der Waals surface area contributed by atoms with Crippen molar-refractivity contribution in [3.63, 3.8) is 0 Å². The van der Waals surface area contributed by atoms with E-state index in [1.807, 2.05) is 0 Å². The van der Waals surface area contributed by atoms with Gasteiger partial charge < -0.3 is 10.1 Å². The number of rotatable bonds is 2. The Balaban J connectivity index is 1.94. The number of likely N-dealkylation sites (N-methyl/N-ethyl adjacent to an activating group) is 1. The first kappa shape index (κ1) is 19.5. The van der Waals surface area contributed by atoms with Gasteiger partial charge in [0.1, 0.15) is 5.60 Å². The Hall–Kier alpha value is -1.87. The first-order chi connectivity index (χ1) is 11.7. The minimum absolute atomic E-state index is 0.266. The van der Waals surface area contributed by atoms with Crippen LogP contribution >= 0.6 is 0 Å². The van der Waals surface area contributed by atoms with E-state index in [1.54, 1.807) is 20.8 Å². The van der Waals surface area contributed by atoms with Crippen LogP contribution in [0.25, 0.3) is 0 Å². The third kappa shape index (κ3) is 5.30. The molecular formula is C16H27N3O6. The minimum atomic E-state index is -0.829. The molecule has 0 radical (unpaired) electrons. The number of nitrogens with one attached hydrogen (secondary N) is 1. The molecule has 2 atom stereocenters. The number of carbonyl (C=O) groups excluding carboxylic acids is 3. The van der Waals surface area contributed by atoms with Crippen molar-refractivity contribution in [1.82, 2.24) is 15.4 Å². The van der Waals surface area contributed by atoms with Gasteiger partial charge in [0.05, 0.1) is 6.54 Å². The number of ether oxygens (including phenoxy) is 1. The number of hydroxylamine groups is 4. The Morgan fingerprint density at radius 2 is 1.56 bits per heavy atom. The molecule has 0 aliphatic carbocycles. The molecule has 142 valence electrons. The zero-order chi connectivity index (χ0) is 18.6. The quantitative estimate of drug-likeness (QED) is 0.791. The molecule has 0 unspecified atom stereocenters. The zero-order valence-electron chi connectivity index (χ0n) is 15.2. The standard InChI is InChI=1S/C16H27N3O6/c1-16(2,3)23-15(22)19-10-6-8-12(25-19)14(21)18-9-5-7-11(24-18)13(20)17-4/h11-12H,5-10H2,1-4H3,(H,17,20)/t11-,12-/m0/s1. The maximum atomic E-state index is 12.6. The summed E-state index contributed by atoms with van der Waals surface area (Å²) >= 11 is 0. The van der Waals surface area contributed by atoms with Crippen molar-refractivity contribution in [2.45, 2.75) is 64.3 Å². The Labute approximate surface area is 147 Å². The van der Waals surface area contributed by atoms with Crippen LogP contribution < -0.4 is 5.32 Å². The zero-order valence-corrected chi connectivity index (χ0v) is 15.2. The van der Waals surface area contributed by atoms with Crippen LogP contribution in [0.4, 0.5) is 4.79 Å². The van der Waals surface area contributed by atoms with E-state index in [9.17, 15) is 14.4 Å². The fraction of sp³-hybridized carbons (Fsp3) is 0.812. The lowest BCUT2D eigenvalue weighted by Gasteiger charge is -2.36. The number of hydrogen-bond acceptors (Lipinski definition) is 6. The summed E-state index contributed by atoms with van der Waals surface area (Å²) < 4.78 is 5.27. The molecule has 0 saturated carbocycles. The SMILES string of the molecule is CNC(=O)[C@@H]1CCCN(C(=O)[C@@H]2CCCN(C(=O)OC(C)(C)C)O2)O1. The normalized spacial score (nSPS) is 24.6. The molecule has 9 nitrogen and oxygen atoms in total. The molecule has 3 amide bonds. The third-order valence-corrected chi connectivity index (χ3v) is 3.82. The van der Waals surface area contributed by atoms with Crippen molar-refractivity contribution in [1.29, 1.82) is 0 Å². The molecule has 2 heterocycles. The lowest BCUT2D eigenvalue weighted by atomic mass is 10.1. The predicted octanol–water partition coefficient (Wildman–Crippen LogP) is 0.986. The summed E-state index contributed by atoms with van der Waals surface area (Å²) in [6.45, 7) is 6.03. The van der Waals surface area contributed by atoms with Crippen molar-refractivity contribution in [2.24, 2.45) is 0 Å². The molecule has 2 aliphatic rings. The fourth-order valence-corrected chi connectivity index (χ4v) is 2.64. The summed E-state index contributed by atoms with van der Waals surface area (Å²) in [5.74, 6) is -0.653. The molecule has 2 fully saturated rings. The van der Waals surface area contributed by atoms with Crippen LogP contribution in [-0.4, -0.2) is 66.0 Å². The second-order valence-electron chi connectivity index (χ2n) is 7.11. The molecule has 9 heteroatoms. The highest BCUT2D eigenvalue weighted by molar-refractivity contribution is 5.83. The maximum Gasteiger partial charge on any atom is 0.434 e. The van der Waals surface area contributed by atoms with E-state index in [0.29, 0.717) is 38.8 Å². The van der Waals surface area contributed by atoms with Gasteiger partial charge in [0.25, 0.3) is 11.8 Å². The molecule has 1 N–H and O–H groups in total. The van der Waals surface area contributed by atoms with Crippen molar-refractivity contribution >= 4 is 17.9 Å². The van der Waals surface area contributed by atoms with Gasteiger partial charge in [-0.15, -0.1) is 0 Å². The van der Waals surface area contributed by atoms with Crippen LogP contribution in [0, 0.1) is 0 Å². The van der Waals surface area contributed by atoms with Gasteiger partial charge in [-0.05, 0) is 46.5 Å². The van der Waals surface area contributed by atoms with Crippen molar-refractivity contribution in [3.8, 4) is 0 Å². The van der Waals surface area contributed by atoms with Crippen LogP contribution in [0.2, 0.25) is 0 Å². The average molecular weight is 357 g/mol. The van der Waals surface area contributed by atoms with Gasteiger partial charge in [-0.1, -0.05) is 0 Å². The molecule has 0 aromatic rings. The molecule has 2 aliphatic heterocycles. The van der Waals surface area contributed by atoms with E-state index in [1.165, 1.54) is 12.1 Å². The highest BCUT2D eigenvalue weighted by Crippen LogP contribution is 2.22. The lowest BCUT2D eigenvalue weighted by molar-refractivity contribution is -0.249. The van der Waals surface area contributed by atoms with Gasteiger partial charge in [-0.25, -0.2) is 9.86 Å². The molecule has 2 rings (SSSR count). The van der Waals surface area contributed by atoms with Gasteiger partial charge in [0.15, 0.2) is 12.2 Å². The first-order valence-corrected chi connectivity index (χ1v) is 8.58.